The third-order valence-electron chi connectivity index (χ3n) is 4.75. The molecule has 1 atom stereocenters. The third-order valence-corrected chi connectivity index (χ3v) is 6.13. The lowest BCUT2D eigenvalue weighted by Gasteiger charge is -2.17. The van der Waals surface area contributed by atoms with Gasteiger partial charge in [-0.2, -0.15) is 0 Å². The van der Waals surface area contributed by atoms with E-state index in [1.54, 1.807) is 18.2 Å². The fraction of sp³-hybridized carbons (Fsp3) is 0.400. The van der Waals surface area contributed by atoms with Gasteiger partial charge < -0.3 is 19.1 Å². The van der Waals surface area contributed by atoms with E-state index < -0.39 is 10.0 Å². The zero-order valence-electron chi connectivity index (χ0n) is 16.6. The van der Waals surface area contributed by atoms with E-state index in [1.807, 2.05) is 13.0 Å². The number of aryl methyl sites for hydroxylation is 1. The van der Waals surface area contributed by atoms with E-state index in [4.69, 9.17) is 14.2 Å². The van der Waals surface area contributed by atoms with E-state index in [9.17, 15) is 8.42 Å². The lowest BCUT2D eigenvalue weighted by molar-refractivity contribution is 0.207. The Labute approximate surface area is 166 Å². The minimum absolute atomic E-state index is 0.0885. The smallest absolute Gasteiger partial charge is 0.262 e. The van der Waals surface area contributed by atoms with Gasteiger partial charge in [0.25, 0.3) is 10.0 Å². The Morgan fingerprint density at radius 2 is 1.79 bits per heavy atom. The molecule has 7 nitrogen and oxygen atoms in total. The van der Waals surface area contributed by atoms with Crippen LogP contribution in [-0.4, -0.2) is 53.8 Å². The Hall–Kier alpha value is -2.45. The van der Waals surface area contributed by atoms with Crippen molar-refractivity contribution in [1.29, 1.82) is 0 Å². The molecule has 2 aromatic carbocycles. The predicted molar refractivity (Wildman–Crippen MR) is 108 cm³/mol. The number of hydrogen-bond acceptors (Lipinski definition) is 6. The molecule has 0 bridgehead atoms. The van der Waals surface area contributed by atoms with Crippen molar-refractivity contribution in [2.24, 2.45) is 0 Å². The maximum Gasteiger partial charge on any atom is 0.262 e. The van der Waals surface area contributed by atoms with Gasteiger partial charge in [-0.15, -0.1) is 0 Å². The van der Waals surface area contributed by atoms with Crippen molar-refractivity contribution in [3.05, 3.63) is 42.0 Å². The predicted octanol–water partition coefficient (Wildman–Crippen LogP) is 2.90. The maximum atomic E-state index is 12.8. The molecule has 28 heavy (non-hydrogen) atoms. The van der Waals surface area contributed by atoms with Gasteiger partial charge in [0.2, 0.25) is 0 Å². The van der Waals surface area contributed by atoms with Crippen LogP contribution in [0.3, 0.4) is 0 Å². The summed E-state index contributed by atoms with van der Waals surface area (Å²) in [5, 5.41) is 0. The summed E-state index contributed by atoms with van der Waals surface area (Å²) >= 11 is 0. The fourth-order valence-electron chi connectivity index (χ4n) is 3.16. The Morgan fingerprint density at radius 3 is 2.43 bits per heavy atom. The van der Waals surface area contributed by atoms with Crippen LogP contribution in [0.2, 0.25) is 0 Å². The average Bonchev–Trinajstić information content (AvgIpc) is 3.08. The highest BCUT2D eigenvalue weighted by Gasteiger charge is 2.22. The van der Waals surface area contributed by atoms with Crippen LogP contribution >= 0.6 is 0 Å². The summed E-state index contributed by atoms with van der Waals surface area (Å²) in [6, 6.07) is 9.77. The zero-order chi connectivity index (χ0) is 20.3. The van der Waals surface area contributed by atoms with Crippen molar-refractivity contribution in [1.82, 2.24) is 4.90 Å². The number of ether oxygens (including phenoxy) is 3. The van der Waals surface area contributed by atoms with Crippen LogP contribution in [0, 0.1) is 6.92 Å². The highest BCUT2D eigenvalue weighted by molar-refractivity contribution is 7.92. The maximum absolute atomic E-state index is 12.8. The van der Waals surface area contributed by atoms with Crippen LogP contribution in [0.15, 0.2) is 41.3 Å². The first-order valence-corrected chi connectivity index (χ1v) is 10.5. The standard InChI is InChI=1S/C20H26N2O5S/c1-14-5-6-15(11-19(14)27-16-9-10-22(2)13-16)21-28(23,24)17-7-8-18(25-3)20(12-17)26-4/h5-8,11-12,16,21H,9-10,13H2,1-4H3. The second-order valence-corrected chi connectivity index (χ2v) is 8.58. The molecule has 1 fully saturated rings. The van der Waals surface area contributed by atoms with E-state index in [1.165, 1.54) is 26.4 Å². The number of hydrogen-bond donors (Lipinski definition) is 1. The van der Waals surface area contributed by atoms with Crippen molar-refractivity contribution >= 4 is 15.7 Å². The van der Waals surface area contributed by atoms with Crippen LogP contribution in [0.5, 0.6) is 17.2 Å². The Balaban J connectivity index is 1.81. The number of likely N-dealkylation sites (N-methyl/N-ethyl adjacent to an activating group) is 1. The highest BCUT2D eigenvalue weighted by atomic mass is 32.2. The minimum atomic E-state index is -3.79. The number of rotatable bonds is 7. The molecule has 152 valence electrons. The lowest BCUT2D eigenvalue weighted by Crippen LogP contribution is -2.21. The van der Waals surface area contributed by atoms with Crippen LogP contribution in [-0.2, 0) is 10.0 Å². The molecule has 0 amide bonds. The first-order valence-electron chi connectivity index (χ1n) is 9.03. The van der Waals surface area contributed by atoms with Crippen molar-refractivity contribution in [3.8, 4) is 17.2 Å². The number of nitrogens with zero attached hydrogens (tertiary/aromatic N) is 1. The largest absolute Gasteiger partial charge is 0.493 e. The number of benzene rings is 2. The fourth-order valence-corrected chi connectivity index (χ4v) is 4.22. The van der Waals surface area contributed by atoms with E-state index >= 15 is 0 Å². The molecule has 1 unspecified atom stereocenters. The number of anilines is 1. The monoisotopic (exact) mass is 406 g/mol. The second kappa shape index (κ2) is 8.28. The zero-order valence-corrected chi connectivity index (χ0v) is 17.4. The third kappa shape index (κ3) is 4.51. The molecule has 1 aliphatic heterocycles. The second-order valence-electron chi connectivity index (χ2n) is 6.89. The molecular weight excluding hydrogens is 380 g/mol. The molecule has 0 aromatic heterocycles. The van der Waals surface area contributed by atoms with Crippen LogP contribution in [0.1, 0.15) is 12.0 Å². The number of methoxy groups -OCH3 is 2. The van der Waals surface area contributed by atoms with Gasteiger partial charge in [0.05, 0.1) is 24.8 Å². The van der Waals surface area contributed by atoms with E-state index in [0.29, 0.717) is 22.9 Å². The first-order chi connectivity index (χ1) is 13.3. The summed E-state index contributed by atoms with van der Waals surface area (Å²) in [4.78, 5) is 2.30. The minimum Gasteiger partial charge on any atom is -0.493 e. The van der Waals surface area contributed by atoms with Gasteiger partial charge in [-0.25, -0.2) is 8.42 Å². The van der Waals surface area contributed by atoms with Crippen LogP contribution in [0.25, 0.3) is 0 Å². The van der Waals surface area contributed by atoms with E-state index in [0.717, 1.165) is 25.1 Å². The number of likely N-dealkylation sites (tertiary alicyclic amines) is 1. The van der Waals surface area contributed by atoms with Crippen molar-refractivity contribution in [2.45, 2.75) is 24.3 Å². The molecule has 0 spiro atoms. The molecule has 8 heteroatoms. The Bertz CT molecular complexity index is 946. The lowest BCUT2D eigenvalue weighted by atomic mass is 10.2. The van der Waals surface area contributed by atoms with E-state index in [-0.39, 0.29) is 11.0 Å². The van der Waals surface area contributed by atoms with Gasteiger partial charge in [-0.05, 0) is 44.2 Å². The molecule has 0 saturated carbocycles. The number of nitrogens with one attached hydrogen (secondary N) is 1. The SMILES string of the molecule is COc1ccc(S(=O)(=O)Nc2ccc(C)c(OC3CCN(C)C3)c2)cc1OC. The molecule has 1 aliphatic rings. The number of sulfonamides is 1. The van der Waals surface area contributed by atoms with Crippen molar-refractivity contribution < 1.29 is 22.6 Å². The first kappa shape index (κ1) is 20.3. The normalized spacial score (nSPS) is 17.4. The van der Waals surface area contributed by atoms with Gasteiger partial charge in [-0.3, -0.25) is 4.72 Å². The topological polar surface area (TPSA) is 77.1 Å². The summed E-state index contributed by atoms with van der Waals surface area (Å²) in [6.45, 7) is 3.80. The molecule has 1 heterocycles. The van der Waals surface area contributed by atoms with Gasteiger partial charge in [0.15, 0.2) is 11.5 Å². The molecule has 0 aliphatic carbocycles. The van der Waals surface area contributed by atoms with Gasteiger partial charge in [0, 0.05) is 25.2 Å². The summed E-state index contributed by atoms with van der Waals surface area (Å²) < 4.78 is 44.7. The molecule has 0 radical (unpaired) electrons. The van der Waals surface area contributed by atoms with Crippen molar-refractivity contribution in [2.75, 3.05) is 39.1 Å². The molecule has 2 aromatic rings. The molecule has 3 rings (SSSR count). The van der Waals surface area contributed by atoms with Crippen LogP contribution < -0.4 is 18.9 Å². The van der Waals surface area contributed by atoms with Crippen molar-refractivity contribution in [3.63, 3.8) is 0 Å². The Kier molecular flexibility index (Phi) is 6.00. The van der Waals surface area contributed by atoms with Crippen LogP contribution in [0.4, 0.5) is 5.69 Å². The summed E-state index contributed by atoms with van der Waals surface area (Å²) in [7, 11) is 1.24. The van der Waals surface area contributed by atoms with Gasteiger partial charge in [0.1, 0.15) is 11.9 Å². The molecule has 1 saturated heterocycles. The molecular formula is C20H26N2O5S. The highest BCUT2D eigenvalue weighted by Crippen LogP contribution is 2.31. The van der Waals surface area contributed by atoms with Gasteiger partial charge in [-0.1, -0.05) is 6.07 Å². The summed E-state index contributed by atoms with van der Waals surface area (Å²) in [5.74, 6) is 1.51. The summed E-state index contributed by atoms with van der Waals surface area (Å²) in [6.07, 6.45) is 1.07. The Morgan fingerprint density at radius 1 is 1.04 bits per heavy atom. The molecule has 1 N–H and O–H groups in total. The van der Waals surface area contributed by atoms with E-state index in [2.05, 4.69) is 16.7 Å². The summed E-state index contributed by atoms with van der Waals surface area (Å²) in [5.41, 5.74) is 1.41. The average molecular weight is 407 g/mol. The quantitative estimate of drug-likeness (QED) is 0.762. The van der Waals surface area contributed by atoms with Gasteiger partial charge >= 0.3 is 0 Å².